The van der Waals surface area contributed by atoms with E-state index in [9.17, 15) is 5.11 Å². The molecule has 1 aromatic rings. The summed E-state index contributed by atoms with van der Waals surface area (Å²) in [6.07, 6.45) is 5.29. The second-order valence-corrected chi connectivity index (χ2v) is 6.17. The van der Waals surface area contributed by atoms with Crippen molar-refractivity contribution in [3.63, 3.8) is 0 Å². The Labute approximate surface area is 107 Å². The summed E-state index contributed by atoms with van der Waals surface area (Å²) in [5.41, 5.74) is 0.975. The van der Waals surface area contributed by atoms with E-state index in [0.29, 0.717) is 6.04 Å². The lowest BCUT2D eigenvalue weighted by molar-refractivity contribution is 0.284. The van der Waals surface area contributed by atoms with E-state index in [1.165, 1.54) is 25.7 Å². The molecule has 0 amide bonds. The van der Waals surface area contributed by atoms with Crippen LogP contribution >= 0.6 is 11.3 Å². The minimum Gasteiger partial charge on any atom is -0.391 e. The first-order valence-corrected chi connectivity index (χ1v) is 7.25. The lowest BCUT2D eigenvalue weighted by atomic mass is 9.85. The Balaban J connectivity index is 2.14. The molecule has 0 spiro atoms. The molecule has 1 heterocycles. The molecule has 2 unspecified atom stereocenters. The molecule has 0 bridgehead atoms. The van der Waals surface area contributed by atoms with Gasteiger partial charge in [-0.3, -0.25) is 0 Å². The van der Waals surface area contributed by atoms with Crippen LogP contribution in [-0.2, 0) is 6.61 Å². The summed E-state index contributed by atoms with van der Waals surface area (Å²) in [5, 5.41) is 10.3. The Morgan fingerprint density at radius 2 is 2.12 bits per heavy atom. The molecule has 0 saturated heterocycles. The number of aryl methyl sites for hydroxylation is 1. The second kappa shape index (κ2) is 5.36. The summed E-state index contributed by atoms with van der Waals surface area (Å²) in [7, 11) is 2.14. The van der Waals surface area contributed by atoms with E-state index in [1.54, 1.807) is 11.3 Å². The summed E-state index contributed by atoms with van der Waals surface area (Å²) < 4.78 is 0. The number of rotatable bonds is 3. The van der Waals surface area contributed by atoms with Gasteiger partial charge in [0.15, 0.2) is 5.13 Å². The third kappa shape index (κ3) is 2.63. The van der Waals surface area contributed by atoms with Gasteiger partial charge in [-0.25, -0.2) is 4.98 Å². The van der Waals surface area contributed by atoms with Gasteiger partial charge in [-0.1, -0.05) is 31.1 Å². The van der Waals surface area contributed by atoms with Crippen LogP contribution in [0.2, 0.25) is 0 Å². The van der Waals surface area contributed by atoms with E-state index in [-0.39, 0.29) is 6.61 Å². The van der Waals surface area contributed by atoms with Crippen LogP contribution in [0.4, 0.5) is 5.13 Å². The average molecular weight is 254 g/mol. The van der Waals surface area contributed by atoms with Crippen LogP contribution in [0.1, 0.15) is 43.2 Å². The van der Waals surface area contributed by atoms with E-state index in [1.807, 2.05) is 6.92 Å². The Bertz CT molecular complexity index is 377. The topological polar surface area (TPSA) is 36.4 Å². The standard InChI is InChI=1S/C13H22N2OS/c1-9-6-4-5-7-11(9)15(3)13-14-10(2)12(8-16)17-13/h9,11,16H,4-8H2,1-3H3. The normalized spacial score (nSPS) is 24.9. The molecule has 1 aliphatic rings. The molecule has 2 rings (SSSR count). The number of anilines is 1. The van der Waals surface area contributed by atoms with Crippen LogP contribution in [-0.4, -0.2) is 23.2 Å². The van der Waals surface area contributed by atoms with Crippen LogP contribution in [0.15, 0.2) is 0 Å². The van der Waals surface area contributed by atoms with Crippen molar-refractivity contribution in [2.75, 3.05) is 11.9 Å². The monoisotopic (exact) mass is 254 g/mol. The fourth-order valence-electron chi connectivity index (χ4n) is 2.72. The summed E-state index contributed by atoms with van der Waals surface area (Å²) in [4.78, 5) is 7.89. The highest BCUT2D eigenvalue weighted by Crippen LogP contribution is 2.33. The van der Waals surface area contributed by atoms with Crippen molar-refractivity contribution in [1.29, 1.82) is 0 Å². The molecule has 1 fully saturated rings. The molecule has 3 nitrogen and oxygen atoms in total. The van der Waals surface area contributed by atoms with E-state index in [2.05, 4.69) is 23.9 Å². The zero-order valence-electron chi connectivity index (χ0n) is 10.9. The van der Waals surface area contributed by atoms with Crippen LogP contribution in [0.25, 0.3) is 0 Å². The van der Waals surface area contributed by atoms with Gasteiger partial charge >= 0.3 is 0 Å². The van der Waals surface area contributed by atoms with Gasteiger partial charge in [-0.05, 0) is 25.7 Å². The predicted molar refractivity (Wildman–Crippen MR) is 72.6 cm³/mol. The average Bonchev–Trinajstić information content (AvgIpc) is 2.70. The Morgan fingerprint density at radius 3 is 2.71 bits per heavy atom. The van der Waals surface area contributed by atoms with E-state index in [4.69, 9.17) is 0 Å². The summed E-state index contributed by atoms with van der Waals surface area (Å²) in [6.45, 7) is 4.43. The van der Waals surface area contributed by atoms with Crippen molar-refractivity contribution in [1.82, 2.24) is 4.98 Å². The van der Waals surface area contributed by atoms with Gasteiger partial charge < -0.3 is 10.0 Å². The van der Waals surface area contributed by atoms with Crippen molar-refractivity contribution in [3.8, 4) is 0 Å². The van der Waals surface area contributed by atoms with E-state index < -0.39 is 0 Å². The first-order valence-electron chi connectivity index (χ1n) is 6.43. The van der Waals surface area contributed by atoms with Gasteiger partial charge in [-0.2, -0.15) is 0 Å². The van der Waals surface area contributed by atoms with Crippen molar-refractivity contribution >= 4 is 16.5 Å². The highest BCUT2D eigenvalue weighted by Gasteiger charge is 2.26. The largest absolute Gasteiger partial charge is 0.391 e. The fourth-order valence-corrected chi connectivity index (χ4v) is 3.66. The van der Waals surface area contributed by atoms with Crippen molar-refractivity contribution in [2.45, 2.75) is 52.2 Å². The highest BCUT2D eigenvalue weighted by atomic mass is 32.1. The molecule has 1 aromatic heterocycles. The molecule has 0 radical (unpaired) electrons. The number of hydrogen-bond donors (Lipinski definition) is 1. The number of aliphatic hydroxyl groups excluding tert-OH is 1. The van der Waals surface area contributed by atoms with Crippen LogP contribution in [0.5, 0.6) is 0 Å². The maximum Gasteiger partial charge on any atom is 0.185 e. The fraction of sp³-hybridized carbons (Fsp3) is 0.769. The predicted octanol–water partition coefficient (Wildman–Crippen LogP) is 2.96. The Hall–Kier alpha value is -0.610. The highest BCUT2D eigenvalue weighted by molar-refractivity contribution is 7.15. The smallest absolute Gasteiger partial charge is 0.185 e. The van der Waals surface area contributed by atoms with Gasteiger partial charge in [0, 0.05) is 13.1 Å². The maximum atomic E-state index is 9.23. The summed E-state index contributed by atoms with van der Waals surface area (Å²) in [5.74, 6) is 0.746. The molecule has 1 saturated carbocycles. The van der Waals surface area contributed by atoms with Crippen molar-refractivity contribution in [2.24, 2.45) is 5.92 Å². The molecule has 2 atom stereocenters. The van der Waals surface area contributed by atoms with Gasteiger partial charge in [0.05, 0.1) is 17.2 Å². The van der Waals surface area contributed by atoms with Crippen LogP contribution in [0.3, 0.4) is 0 Å². The SMILES string of the molecule is Cc1nc(N(C)C2CCCCC2C)sc1CO. The lowest BCUT2D eigenvalue weighted by Crippen LogP contribution is -2.38. The van der Waals surface area contributed by atoms with Crippen molar-refractivity contribution < 1.29 is 5.11 Å². The molecular formula is C13H22N2OS. The number of aromatic nitrogens is 1. The molecule has 4 heteroatoms. The molecule has 1 N–H and O–H groups in total. The molecule has 1 aliphatic carbocycles. The zero-order chi connectivity index (χ0) is 12.4. The Kier molecular flexibility index (Phi) is 4.05. The molecule has 17 heavy (non-hydrogen) atoms. The van der Waals surface area contributed by atoms with Crippen LogP contribution in [0, 0.1) is 12.8 Å². The number of thiazole rings is 1. The maximum absolute atomic E-state index is 9.23. The number of aliphatic hydroxyl groups is 1. The Morgan fingerprint density at radius 1 is 1.41 bits per heavy atom. The van der Waals surface area contributed by atoms with Gasteiger partial charge in [0.1, 0.15) is 0 Å². The molecule has 0 aromatic carbocycles. The third-order valence-corrected chi connectivity index (χ3v) is 5.12. The third-order valence-electron chi connectivity index (χ3n) is 3.89. The zero-order valence-corrected chi connectivity index (χ0v) is 11.8. The summed E-state index contributed by atoms with van der Waals surface area (Å²) in [6, 6.07) is 0.612. The minimum absolute atomic E-state index is 0.109. The first-order chi connectivity index (χ1) is 8.13. The summed E-state index contributed by atoms with van der Waals surface area (Å²) >= 11 is 1.63. The second-order valence-electron chi connectivity index (χ2n) is 5.10. The quantitative estimate of drug-likeness (QED) is 0.901. The first kappa shape index (κ1) is 12.8. The lowest BCUT2D eigenvalue weighted by Gasteiger charge is -2.36. The molecular weight excluding hydrogens is 232 g/mol. The number of hydrogen-bond acceptors (Lipinski definition) is 4. The van der Waals surface area contributed by atoms with Crippen molar-refractivity contribution in [3.05, 3.63) is 10.6 Å². The van der Waals surface area contributed by atoms with Gasteiger partial charge in [0.25, 0.3) is 0 Å². The number of nitrogens with zero attached hydrogens (tertiary/aromatic N) is 2. The molecule has 0 aliphatic heterocycles. The van der Waals surface area contributed by atoms with E-state index in [0.717, 1.165) is 21.6 Å². The molecule has 96 valence electrons. The van der Waals surface area contributed by atoms with Gasteiger partial charge in [-0.15, -0.1) is 0 Å². The van der Waals surface area contributed by atoms with Crippen LogP contribution < -0.4 is 4.90 Å². The van der Waals surface area contributed by atoms with Gasteiger partial charge in [0.2, 0.25) is 0 Å². The van der Waals surface area contributed by atoms with E-state index >= 15 is 0 Å². The minimum atomic E-state index is 0.109.